The first-order valence-corrected chi connectivity index (χ1v) is 9.37. The average Bonchev–Trinajstić information content (AvgIpc) is 2.94. The van der Waals surface area contributed by atoms with Gasteiger partial charge in [0, 0.05) is 28.8 Å². The second-order valence-corrected chi connectivity index (χ2v) is 7.80. The number of hydrogen-bond donors (Lipinski definition) is 0. The van der Waals surface area contributed by atoms with Gasteiger partial charge in [0.05, 0.1) is 18.8 Å². The van der Waals surface area contributed by atoms with Crippen LogP contribution < -0.4 is 0 Å². The topological polar surface area (TPSA) is 78.3 Å². The van der Waals surface area contributed by atoms with Gasteiger partial charge in [-0.05, 0) is 23.8 Å². The smallest absolute Gasteiger partial charge is 0.356 e. The van der Waals surface area contributed by atoms with Gasteiger partial charge < -0.3 is 9.30 Å². The fraction of sp³-hybridized carbons (Fsp3) is 0.125. The molecule has 6 nitrogen and oxygen atoms in total. The summed E-state index contributed by atoms with van der Waals surface area (Å²) in [7, 11) is 2.67. The lowest BCUT2D eigenvalue weighted by atomic mass is 10.2. The molecular weight excluding hydrogens is 371 g/mol. The van der Waals surface area contributed by atoms with Crippen LogP contribution in [0.15, 0.2) is 47.6 Å². The van der Waals surface area contributed by atoms with E-state index in [1.807, 2.05) is 0 Å². The maximum atomic E-state index is 13.0. The number of pyridine rings is 1. The third kappa shape index (κ3) is 3.49. The van der Waals surface area contributed by atoms with Crippen LogP contribution in [0.2, 0.25) is 0 Å². The zero-order chi connectivity index (χ0) is 18.2. The van der Waals surface area contributed by atoms with Crippen LogP contribution in [0, 0.1) is 5.82 Å². The van der Waals surface area contributed by atoms with Crippen molar-refractivity contribution < 1.29 is 22.3 Å². The van der Waals surface area contributed by atoms with E-state index in [2.05, 4.69) is 9.72 Å². The minimum absolute atomic E-state index is 0.0314. The molecule has 2 heterocycles. The second kappa shape index (κ2) is 6.45. The summed E-state index contributed by atoms with van der Waals surface area (Å²) in [5.41, 5.74) is 1.20. The van der Waals surface area contributed by atoms with E-state index in [4.69, 9.17) is 10.7 Å². The molecule has 1 aromatic carbocycles. The van der Waals surface area contributed by atoms with Crippen LogP contribution in [0.5, 0.6) is 0 Å². The average molecular weight is 383 g/mol. The number of benzene rings is 1. The number of aromatic nitrogens is 2. The number of hydrogen-bond acceptors (Lipinski definition) is 5. The molecule has 0 bridgehead atoms. The highest BCUT2D eigenvalue weighted by Crippen LogP contribution is 2.29. The van der Waals surface area contributed by atoms with Gasteiger partial charge >= 0.3 is 5.97 Å². The van der Waals surface area contributed by atoms with Crippen LogP contribution in [0.4, 0.5) is 4.39 Å². The van der Waals surface area contributed by atoms with Crippen molar-refractivity contribution in [3.05, 3.63) is 59.8 Å². The van der Waals surface area contributed by atoms with Crippen molar-refractivity contribution in [1.82, 2.24) is 9.55 Å². The Morgan fingerprint density at radius 1 is 1.32 bits per heavy atom. The number of methoxy groups -OCH3 is 1. The van der Waals surface area contributed by atoms with E-state index in [-0.39, 0.29) is 28.3 Å². The molecule has 0 saturated carbocycles. The van der Waals surface area contributed by atoms with Crippen LogP contribution in [-0.4, -0.2) is 31.0 Å². The molecule has 0 aliphatic rings. The number of carbonyl (C=O) groups is 1. The molecule has 0 spiro atoms. The Bertz CT molecular complexity index is 1060. The number of ether oxygens (including phenoxy) is 1. The van der Waals surface area contributed by atoms with Crippen molar-refractivity contribution >= 4 is 36.6 Å². The first-order chi connectivity index (χ1) is 11.8. The highest BCUT2D eigenvalue weighted by atomic mass is 35.7. The molecule has 0 unspecified atom stereocenters. The van der Waals surface area contributed by atoms with Gasteiger partial charge in [-0.25, -0.2) is 22.6 Å². The number of nitrogens with zero attached hydrogens (tertiary/aromatic N) is 2. The van der Waals surface area contributed by atoms with Crippen LogP contribution in [0.1, 0.15) is 16.1 Å². The van der Waals surface area contributed by atoms with E-state index < -0.39 is 15.0 Å². The lowest BCUT2D eigenvalue weighted by Crippen LogP contribution is -2.04. The molecule has 0 fully saturated rings. The minimum atomic E-state index is -4.05. The molecule has 9 heteroatoms. The van der Waals surface area contributed by atoms with Gasteiger partial charge in [-0.3, -0.25) is 0 Å². The molecule has 0 aliphatic heterocycles. The molecule has 0 aliphatic carbocycles. The monoisotopic (exact) mass is 382 g/mol. The van der Waals surface area contributed by atoms with Crippen molar-refractivity contribution in [3.63, 3.8) is 0 Å². The van der Waals surface area contributed by atoms with Crippen molar-refractivity contribution in [1.29, 1.82) is 0 Å². The molecule has 25 heavy (non-hydrogen) atoms. The van der Waals surface area contributed by atoms with E-state index in [1.165, 1.54) is 37.7 Å². The number of esters is 1. The Labute approximate surface area is 147 Å². The van der Waals surface area contributed by atoms with Gasteiger partial charge in [0.15, 0.2) is 0 Å². The summed E-state index contributed by atoms with van der Waals surface area (Å²) in [6, 6.07) is 7.12. The highest BCUT2D eigenvalue weighted by Gasteiger charge is 2.21. The van der Waals surface area contributed by atoms with E-state index >= 15 is 0 Å². The predicted molar refractivity (Wildman–Crippen MR) is 89.6 cm³/mol. The summed E-state index contributed by atoms with van der Waals surface area (Å²) in [6.45, 7) is 0.280. The normalized spacial score (nSPS) is 11.6. The first-order valence-electron chi connectivity index (χ1n) is 7.06. The zero-order valence-electron chi connectivity index (χ0n) is 12.9. The summed E-state index contributed by atoms with van der Waals surface area (Å²) >= 11 is 0. The zero-order valence-corrected chi connectivity index (χ0v) is 14.5. The molecule has 3 rings (SSSR count). The van der Waals surface area contributed by atoms with Crippen molar-refractivity contribution in [3.8, 4) is 0 Å². The number of carbonyl (C=O) groups excluding carboxylic acids is 1. The summed E-state index contributed by atoms with van der Waals surface area (Å²) in [6.07, 6.45) is 2.73. The standard InChI is InChI=1S/C16H12ClFN2O4S/c1-24-16(21)13-6-12-14(7-19-13)20(9-15(12)25(17,22)23)8-10-2-4-11(18)5-3-10/h2-7,9H,8H2,1H3. The molecule has 0 N–H and O–H groups in total. The van der Waals surface area contributed by atoms with Gasteiger partial charge in [-0.15, -0.1) is 0 Å². The summed E-state index contributed by atoms with van der Waals surface area (Å²) in [5, 5.41) is 0.257. The van der Waals surface area contributed by atoms with Crippen LogP contribution in [0.3, 0.4) is 0 Å². The number of fused-ring (bicyclic) bond motifs is 1. The van der Waals surface area contributed by atoms with Gasteiger partial charge in [-0.1, -0.05) is 12.1 Å². The van der Waals surface area contributed by atoms with Gasteiger partial charge in [-0.2, -0.15) is 0 Å². The molecule has 0 saturated heterocycles. The lowest BCUT2D eigenvalue weighted by Gasteiger charge is -2.06. The highest BCUT2D eigenvalue weighted by molar-refractivity contribution is 8.14. The largest absolute Gasteiger partial charge is 0.464 e. The fourth-order valence-corrected chi connectivity index (χ4v) is 3.53. The summed E-state index contributed by atoms with van der Waals surface area (Å²) in [4.78, 5) is 15.5. The Kier molecular flexibility index (Phi) is 4.49. The molecule has 130 valence electrons. The van der Waals surface area contributed by atoms with Crippen molar-refractivity contribution in [2.45, 2.75) is 11.4 Å². The second-order valence-electron chi connectivity index (χ2n) is 5.26. The van der Waals surface area contributed by atoms with Crippen LogP contribution in [-0.2, 0) is 20.3 Å². The quantitative estimate of drug-likeness (QED) is 0.512. The van der Waals surface area contributed by atoms with Gasteiger partial charge in [0.25, 0.3) is 9.05 Å². The minimum Gasteiger partial charge on any atom is -0.464 e. The Morgan fingerprint density at radius 2 is 2.00 bits per heavy atom. The maximum Gasteiger partial charge on any atom is 0.356 e. The fourth-order valence-electron chi connectivity index (χ4n) is 2.48. The Morgan fingerprint density at radius 3 is 2.60 bits per heavy atom. The van der Waals surface area contributed by atoms with E-state index in [9.17, 15) is 17.6 Å². The van der Waals surface area contributed by atoms with E-state index in [0.717, 1.165) is 5.56 Å². The molecule has 3 aromatic rings. The first kappa shape index (κ1) is 17.4. The SMILES string of the molecule is COC(=O)c1cc2c(S(=O)(=O)Cl)cn(Cc3ccc(F)cc3)c2cn1. The number of rotatable bonds is 4. The lowest BCUT2D eigenvalue weighted by molar-refractivity contribution is 0.0594. The van der Waals surface area contributed by atoms with Gasteiger partial charge in [0.2, 0.25) is 0 Å². The Hall–Kier alpha value is -2.45. The van der Waals surface area contributed by atoms with Crippen LogP contribution in [0.25, 0.3) is 10.9 Å². The van der Waals surface area contributed by atoms with Crippen LogP contribution >= 0.6 is 10.7 Å². The molecule has 0 atom stereocenters. The predicted octanol–water partition coefficient (Wildman–Crippen LogP) is 2.94. The van der Waals surface area contributed by atoms with Crippen molar-refractivity contribution in [2.24, 2.45) is 0 Å². The number of halogens is 2. The third-order valence-corrected chi connectivity index (χ3v) is 5.00. The molecule has 0 amide bonds. The molecular formula is C16H12ClFN2O4S. The maximum absolute atomic E-state index is 13.0. The summed E-state index contributed by atoms with van der Waals surface area (Å²) < 4.78 is 43.0. The van der Waals surface area contributed by atoms with Crippen molar-refractivity contribution in [2.75, 3.05) is 7.11 Å². The molecule has 0 radical (unpaired) electrons. The van der Waals surface area contributed by atoms with Gasteiger partial charge in [0.1, 0.15) is 16.4 Å². The summed E-state index contributed by atoms with van der Waals surface area (Å²) in [5.74, 6) is -1.05. The molecule has 2 aromatic heterocycles. The van der Waals surface area contributed by atoms with E-state index in [1.54, 1.807) is 16.7 Å². The van der Waals surface area contributed by atoms with E-state index in [0.29, 0.717) is 5.52 Å². The Balaban J connectivity index is 2.16. The third-order valence-electron chi connectivity index (χ3n) is 3.65.